The number of rotatable bonds is 12. The molecule has 28 heavy (non-hydrogen) atoms. The van der Waals surface area contributed by atoms with Gasteiger partial charge < -0.3 is 9.47 Å². The molecule has 0 N–H and O–H groups in total. The summed E-state index contributed by atoms with van der Waals surface area (Å²) in [5.41, 5.74) is 1.74. The van der Waals surface area contributed by atoms with E-state index in [4.69, 9.17) is 9.47 Å². The number of hydrogen-bond donors (Lipinski definition) is 0. The molecule has 1 rings (SSSR count). The third kappa shape index (κ3) is 8.48. The van der Waals surface area contributed by atoms with Gasteiger partial charge in [-0.15, -0.1) is 0 Å². The highest BCUT2D eigenvalue weighted by Gasteiger charge is 2.28. The van der Waals surface area contributed by atoms with Crippen molar-refractivity contribution in [3.05, 3.63) is 35.4 Å². The lowest BCUT2D eigenvalue weighted by atomic mass is 9.91. The highest BCUT2D eigenvalue weighted by atomic mass is 32.2. The van der Waals surface area contributed by atoms with E-state index < -0.39 is 10.8 Å². The molecular formula is C22H34O4S2. The second kappa shape index (κ2) is 11.8. The van der Waals surface area contributed by atoms with E-state index in [0.717, 1.165) is 35.9 Å². The van der Waals surface area contributed by atoms with E-state index in [0.29, 0.717) is 0 Å². The van der Waals surface area contributed by atoms with Gasteiger partial charge in [-0.05, 0) is 63.2 Å². The Morgan fingerprint density at radius 2 is 1.07 bits per heavy atom. The molecule has 0 saturated heterocycles. The van der Waals surface area contributed by atoms with Crippen molar-refractivity contribution in [2.45, 2.75) is 52.0 Å². The molecular weight excluding hydrogens is 392 g/mol. The number of carbonyl (C=O) groups is 2. The van der Waals surface area contributed by atoms with E-state index in [9.17, 15) is 9.59 Å². The monoisotopic (exact) mass is 426 g/mol. The second-order valence-electron chi connectivity index (χ2n) is 8.17. The molecule has 0 bridgehead atoms. The molecule has 0 fully saturated rings. The third-order valence-corrected chi connectivity index (χ3v) is 6.84. The van der Waals surface area contributed by atoms with Crippen LogP contribution in [0, 0.1) is 10.8 Å². The molecule has 4 nitrogen and oxygen atoms in total. The van der Waals surface area contributed by atoms with Gasteiger partial charge in [-0.2, -0.15) is 23.5 Å². The highest BCUT2D eigenvalue weighted by molar-refractivity contribution is 7.98. The molecule has 0 aliphatic heterocycles. The number of thioether (sulfide) groups is 2. The number of methoxy groups -OCH3 is 2. The van der Waals surface area contributed by atoms with Crippen molar-refractivity contribution < 1.29 is 19.1 Å². The topological polar surface area (TPSA) is 52.6 Å². The molecule has 0 amide bonds. The lowest BCUT2D eigenvalue weighted by Gasteiger charge is -2.21. The summed E-state index contributed by atoms with van der Waals surface area (Å²) in [6.07, 6.45) is 1.61. The Hall–Kier alpha value is -1.14. The van der Waals surface area contributed by atoms with Crippen LogP contribution in [0.4, 0.5) is 0 Å². The molecule has 0 unspecified atom stereocenters. The number of benzene rings is 1. The van der Waals surface area contributed by atoms with Crippen molar-refractivity contribution in [2.24, 2.45) is 10.8 Å². The predicted molar refractivity (Wildman–Crippen MR) is 120 cm³/mol. The first-order chi connectivity index (χ1) is 13.1. The fourth-order valence-corrected chi connectivity index (χ4v) is 4.98. The van der Waals surface area contributed by atoms with Crippen molar-refractivity contribution in [3.8, 4) is 0 Å². The summed E-state index contributed by atoms with van der Waals surface area (Å²) in [5, 5.41) is 0. The SMILES string of the molecule is COC(=O)C(C)(C)CCSCc1ccc(CSCCC(C)(C)C(=O)OC)cc1. The van der Waals surface area contributed by atoms with Crippen molar-refractivity contribution in [3.63, 3.8) is 0 Å². The molecule has 1 aromatic carbocycles. The summed E-state index contributed by atoms with van der Waals surface area (Å²) in [6, 6.07) is 8.69. The van der Waals surface area contributed by atoms with E-state index in [2.05, 4.69) is 24.3 Å². The Kier molecular flexibility index (Phi) is 10.5. The van der Waals surface area contributed by atoms with Crippen LogP contribution in [-0.4, -0.2) is 37.7 Å². The molecule has 1 aromatic rings. The van der Waals surface area contributed by atoms with Crippen LogP contribution in [0.15, 0.2) is 24.3 Å². The summed E-state index contributed by atoms with van der Waals surface area (Å²) in [6.45, 7) is 7.71. The van der Waals surface area contributed by atoms with Crippen LogP contribution in [-0.2, 0) is 30.6 Å². The molecule has 0 heterocycles. The first-order valence-electron chi connectivity index (χ1n) is 9.52. The quantitative estimate of drug-likeness (QED) is 0.332. The summed E-state index contributed by atoms with van der Waals surface area (Å²) in [7, 11) is 2.88. The van der Waals surface area contributed by atoms with Gasteiger partial charge in [0.1, 0.15) is 0 Å². The van der Waals surface area contributed by atoms with Crippen molar-refractivity contribution in [2.75, 3.05) is 25.7 Å². The van der Waals surface area contributed by atoms with Crippen LogP contribution in [0.5, 0.6) is 0 Å². The normalized spacial score (nSPS) is 11.9. The van der Waals surface area contributed by atoms with Crippen LogP contribution in [0.2, 0.25) is 0 Å². The van der Waals surface area contributed by atoms with Gasteiger partial charge in [0.2, 0.25) is 0 Å². The maximum Gasteiger partial charge on any atom is 0.311 e. The maximum atomic E-state index is 11.7. The van der Waals surface area contributed by atoms with Crippen LogP contribution in [0.1, 0.15) is 51.7 Å². The van der Waals surface area contributed by atoms with Gasteiger partial charge >= 0.3 is 11.9 Å². The van der Waals surface area contributed by atoms with E-state index in [-0.39, 0.29) is 11.9 Å². The highest BCUT2D eigenvalue weighted by Crippen LogP contribution is 2.27. The van der Waals surface area contributed by atoms with Gasteiger partial charge in [0.25, 0.3) is 0 Å². The Morgan fingerprint density at radius 1 is 0.750 bits per heavy atom. The van der Waals surface area contributed by atoms with Gasteiger partial charge in [0, 0.05) is 11.5 Å². The van der Waals surface area contributed by atoms with Gasteiger partial charge in [-0.25, -0.2) is 0 Å². The van der Waals surface area contributed by atoms with E-state index in [1.54, 1.807) is 0 Å². The summed E-state index contributed by atoms with van der Waals surface area (Å²) < 4.78 is 9.69. The lowest BCUT2D eigenvalue weighted by molar-refractivity contribution is -0.151. The zero-order valence-corrected chi connectivity index (χ0v) is 19.6. The van der Waals surface area contributed by atoms with E-state index >= 15 is 0 Å². The van der Waals surface area contributed by atoms with Crippen LogP contribution < -0.4 is 0 Å². The first-order valence-corrected chi connectivity index (χ1v) is 11.8. The largest absolute Gasteiger partial charge is 0.469 e. The molecule has 0 spiro atoms. The molecule has 6 heteroatoms. The van der Waals surface area contributed by atoms with Gasteiger partial charge in [0.05, 0.1) is 25.0 Å². The Bertz CT molecular complexity index is 569. The number of ether oxygens (including phenoxy) is 2. The standard InChI is InChI=1S/C22H34O4S2/c1-21(2,19(23)25-5)11-13-27-15-17-7-9-18(10-8-17)16-28-14-12-22(3,4)20(24)26-6/h7-10H,11-16H2,1-6H3. The minimum Gasteiger partial charge on any atom is -0.469 e. The van der Waals surface area contributed by atoms with E-state index in [1.165, 1.54) is 25.3 Å². The molecule has 0 aromatic heterocycles. The van der Waals surface area contributed by atoms with Crippen LogP contribution in [0.3, 0.4) is 0 Å². The molecule has 0 saturated carbocycles. The number of carbonyl (C=O) groups excluding carboxylic acids is 2. The van der Waals surface area contributed by atoms with E-state index in [1.807, 2.05) is 51.2 Å². The summed E-state index contributed by atoms with van der Waals surface area (Å²) in [5.74, 6) is 3.44. The minimum atomic E-state index is -0.425. The van der Waals surface area contributed by atoms with Crippen molar-refractivity contribution >= 4 is 35.5 Å². The van der Waals surface area contributed by atoms with Crippen molar-refractivity contribution in [1.82, 2.24) is 0 Å². The number of esters is 2. The maximum absolute atomic E-state index is 11.7. The van der Waals surface area contributed by atoms with Gasteiger partial charge in [0.15, 0.2) is 0 Å². The zero-order valence-electron chi connectivity index (χ0n) is 18.0. The Balaban J connectivity index is 2.30. The average Bonchev–Trinajstić information content (AvgIpc) is 2.68. The third-order valence-electron chi connectivity index (χ3n) is 4.78. The molecule has 0 radical (unpaired) electrons. The first kappa shape index (κ1) is 24.9. The molecule has 158 valence electrons. The number of hydrogen-bond acceptors (Lipinski definition) is 6. The molecule has 0 aliphatic rings. The van der Waals surface area contributed by atoms with Crippen LogP contribution in [0.25, 0.3) is 0 Å². The predicted octanol–water partition coefficient (Wildman–Crippen LogP) is 5.33. The fraction of sp³-hybridized carbons (Fsp3) is 0.636. The second-order valence-corrected chi connectivity index (χ2v) is 10.4. The summed E-state index contributed by atoms with van der Waals surface area (Å²) >= 11 is 3.68. The van der Waals surface area contributed by atoms with Crippen LogP contribution >= 0.6 is 23.5 Å². The average molecular weight is 427 g/mol. The molecule has 0 atom stereocenters. The van der Waals surface area contributed by atoms with Gasteiger partial charge in [-0.3, -0.25) is 9.59 Å². The minimum absolute atomic E-state index is 0.148. The summed E-state index contributed by atoms with van der Waals surface area (Å²) in [4.78, 5) is 23.4. The Morgan fingerprint density at radius 3 is 1.36 bits per heavy atom. The smallest absolute Gasteiger partial charge is 0.311 e. The van der Waals surface area contributed by atoms with Gasteiger partial charge in [-0.1, -0.05) is 24.3 Å². The zero-order chi connectivity index (χ0) is 21.2. The Labute approximate surface area is 178 Å². The van der Waals surface area contributed by atoms with Crippen molar-refractivity contribution in [1.29, 1.82) is 0 Å². The lowest BCUT2D eigenvalue weighted by Crippen LogP contribution is -2.26. The molecule has 0 aliphatic carbocycles. The fourth-order valence-electron chi connectivity index (χ4n) is 2.52.